The van der Waals surface area contributed by atoms with Gasteiger partial charge in [0.25, 0.3) is 0 Å². The Kier molecular flexibility index (Phi) is 21.9. The van der Waals surface area contributed by atoms with Gasteiger partial charge in [0.2, 0.25) is 0 Å². The van der Waals surface area contributed by atoms with Crippen LogP contribution in [-0.4, -0.2) is 5.78 Å². The lowest BCUT2D eigenvalue weighted by Crippen LogP contribution is -1.91. The third-order valence-corrected chi connectivity index (χ3v) is 5.50. The first-order valence-corrected chi connectivity index (χ1v) is 12.0. The van der Waals surface area contributed by atoms with Crippen LogP contribution in [0.2, 0.25) is 0 Å². The molecule has 154 valence electrons. The number of carbonyl (C=O) groups excluding carboxylic acids is 1. The van der Waals surface area contributed by atoms with E-state index in [9.17, 15) is 4.79 Å². The van der Waals surface area contributed by atoms with Gasteiger partial charge in [-0.3, -0.25) is 4.79 Å². The summed E-state index contributed by atoms with van der Waals surface area (Å²) in [4.78, 5) is 11.1. The first kappa shape index (κ1) is 25.4. The van der Waals surface area contributed by atoms with Crippen LogP contribution in [0.4, 0.5) is 0 Å². The summed E-state index contributed by atoms with van der Waals surface area (Å²) in [7, 11) is 0. The molecule has 0 rings (SSSR count). The van der Waals surface area contributed by atoms with Crippen molar-refractivity contribution < 1.29 is 4.79 Å². The molecule has 0 aliphatic heterocycles. The highest BCUT2D eigenvalue weighted by Gasteiger charge is 1.97. The highest BCUT2D eigenvalue weighted by Crippen LogP contribution is 2.15. The van der Waals surface area contributed by atoms with Crippen LogP contribution in [0.3, 0.4) is 0 Å². The molecule has 0 saturated carbocycles. The van der Waals surface area contributed by atoms with Crippen LogP contribution in [-0.2, 0) is 4.79 Å². The van der Waals surface area contributed by atoms with Gasteiger partial charge in [-0.15, -0.1) is 0 Å². The molecule has 0 radical (unpaired) electrons. The summed E-state index contributed by atoms with van der Waals surface area (Å²) in [6.45, 7) is 5.80. The molecule has 1 heteroatoms. The summed E-state index contributed by atoms with van der Waals surface area (Å²) >= 11 is 0. The summed E-state index contributed by atoms with van der Waals surface area (Å²) in [6, 6.07) is 0. The van der Waals surface area contributed by atoms with Crippen LogP contribution in [0.25, 0.3) is 0 Å². The van der Waals surface area contributed by atoms with E-state index in [4.69, 9.17) is 0 Å². The zero-order valence-corrected chi connectivity index (χ0v) is 18.0. The van der Waals surface area contributed by atoms with Crippen molar-refractivity contribution >= 4 is 5.78 Å². The van der Waals surface area contributed by atoms with E-state index < -0.39 is 0 Å². The van der Waals surface area contributed by atoms with Gasteiger partial charge in [-0.2, -0.15) is 0 Å². The number of allylic oxidation sites excluding steroid dienone is 1. The molecule has 0 aromatic heterocycles. The van der Waals surface area contributed by atoms with E-state index in [2.05, 4.69) is 13.5 Å². The molecule has 0 aromatic carbocycles. The van der Waals surface area contributed by atoms with Crippen LogP contribution in [0, 0.1) is 0 Å². The number of hydrogen-bond donors (Lipinski definition) is 0. The van der Waals surface area contributed by atoms with Gasteiger partial charge in [-0.05, 0) is 12.5 Å². The molecule has 0 heterocycles. The van der Waals surface area contributed by atoms with Gasteiger partial charge in [-0.25, -0.2) is 0 Å². The maximum Gasteiger partial charge on any atom is 0.155 e. The minimum atomic E-state index is 0.201. The molecule has 0 atom stereocenters. The molecule has 0 spiro atoms. The molecule has 0 saturated heterocycles. The second-order valence-electron chi connectivity index (χ2n) is 8.14. The molecular formula is C25H48O. The van der Waals surface area contributed by atoms with Crippen molar-refractivity contribution in [3.8, 4) is 0 Å². The summed E-state index contributed by atoms with van der Waals surface area (Å²) in [5, 5.41) is 0. The number of unbranched alkanes of at least 4 members (excludes halogenated alkanes) is 19. The molecule has 0 aromatic rings. The Morgan fingerprint density at radius 1 is 0.538 bits per heavy atom. The number of carbonyl (C=O) groups is 1. The first-order chi connectivity index (χ1) is 12.8. The number of hydrogen-bond acceptors (Lipinski definition) is 1. The maximum atomic E-state index is 11.1. The Balaban J connectivity index is 3.01. The first-order valence-electron chi connectivity index (χ1n) is 12.0. The number of rotatable bonds is 22. The fraction of sp³-hybridized carbons (Fsp3) is 0.880. The summed E-state index contributed by atoms with van der Waals surface area (Å²) in [5.74, 6) is 0.201. The van der Waals surface area contributed by atoms with E-state index in [1.165, 1.54) is 128 Å². The molecule has 0 unspecified atom stereocenters. The third-order valence-electron chi connectivity index (χ3n) is 5.50. The van der Waals surface area contributed by atoms with Crippen molar-refractivity contribution in [2.45, 2.75) is 142 Å². The molecule has 0 aliphatic carbocycles. The van der Waals surface area contributed by atoms with Crippen molar-refractivity contribution in [1.29, 1.82) is 0 Å². The smallest absolute Gasteiger partial charge is 0.155 e. The topological polar surface area (TPSA) is 17.1 Å². The quantitative estimate of drug-likeness (QED) is 0.138. The molecule has 0 fully saturated rings. The molecule has 0 aliphatic rings. The average molecular weight is 365 g/mol. The monoisotopic (exact) mass is 364 g/mol. The fourth-order valence-electron chi connectivity index (χ4n) is 3.66. The van der Waals surface area contributed by atoms with Crippen LogP contribution in [0.5, 0.6) is 0 Å². The minimum Gasteiger partial charge on any atom is -0.295 e. The maximum absolute atomic E-state index is 11.1. The van der Waals surface area contributed by atoms with Crippen LogP contribution < -0.4 is 0 Å². The normalized spacial score (nSPS) is 11.0. The third kappa shape index (κ3) is 21.5. The van der Waals surface area contributed by atoms with Gasteiger partial charge < -0.3 is 0 Å². The lowest BCUT2D eigenvalue weighted by atomic mass is 10.0. The van der Waals surface area contributed by atoms with Crippen molar-refractivity contribution in [1.82, 2.24) is 0 Å². The highest BCUT2D eigenvalue weighted by molar-refractivity contribution is 5.88. The Hall–Kier alpha value is -0.590. The van der Waals surface area contributed by atoms with Crippen LogP contribution >= 0.6 is 0 Å². The molecule has 0 amide bonds. The second kappa shape index (κ2) is 22.5. The standard InChI is InChI=1S/C25H48O/c1-3-5-6-7-8-9-10-11-12-13-14-15-16-17-18-19-20-21-22-23-24-25(26)4-2/h4H,2-3,5-24H2,1H3. The van der Waals surface area contributed by atoms with Crippen LogP contribution in [0.1, 0.15) is 142 Å². The van der Waals surface area contributed by atoms with Gasteiger partial charge in [0.1, 0.15) is 0 Å². The molecule has 26 heavy (non-hydrogen) atoms. The van der Waals surface area contributed by atoms with Gasteiger partial charge in [0.15, 0.2) is 5.78 Å². The molecule has 0 N–H and O–H groups in total. The Bertz CT molecular complexity index is 295. The Labute approximate surface area is 165 Å². The lowest BCUT2D eigenvalue weighted by Gasteiger charge is -2.04. The predicted octanol–water partition coefficient (Wildman–Crippen LogP) is 8.95. The van der Waals surface area contributed by atoms with Crippen molar-refractivity contribution in [3.05, 3.63) is 12.7 Å². The summed E-state index contributed by atoms with van der Waals surface area (Å²) < 4.78 is 0. The largest absolute Gasteiger partial charge is 0.295 e. The zero-order chi connectivity index (χ0) is 19.1. The average Bonchev–Trinajstić information content (AvgIpc) is 2.66. The van der Waals surface area contributed by atoms with Crippen molar-refractivity contribution in [3.63, 3.8) is 0 Å². The van der Waals surface area contributed by atoms with Crippen molar-refractivity contribution in [2.24, 2.45) is 0 Å². The van der Waals surface area contributed by atoms with Crippen LogP contribution in [0.15, 0.2) is 12.7 Å². The van der Waals surface area contributed by atoms with Gasteiger partial charge in [0, 0.05) is 6.42 Å². The van der Waals surface area contributed by atoms with E-state index in [0.29, 0.717) is 6.42 Å². The van der Waals surface area contributed by atoms with Gasteiger partial charge in [-0.1, -0.05) is 135 Å². The molecule has 0 bridgehead atoms. The van der Waals surface area contributed by atoms with E-state index in [0.717, 1.165) is 6.42 Å². The van der Waals surface area contributed by atoms with Crippen molar-refractivity contribution in [2.75, 3.05) is 0 Å². The van der Waals surface area contributed by atoms with E-state index in [1.807, 2.05) is 0 Å². The van der Waals surface area contributed by atoms with E-state index in [1.54, 1.807) is 0 Å². The summed E-state index contributed by atoms with van der Waals surface area (Å²) in [6.07, 6.45) is 30.1. The summed E-state index contributed by atoms with van der Waals surface area (Å²) in [5.41, 5.74) is 0. The molecule has 1 nitrogen and oxygen atoms in total. The second-order valence-corrected chi connectivity index (χ2v) is 8.14. The zero-order valence-electron chi connectivity index (χ0n) is 18.0. The van der Waals surface area contributed by atoms with E-state index >= 15 is 0 Å². The highest BCUT2D eigenvalue weighted by atomic mass is 16.1. The van der Waals surface area contributed by atoms with Gasteiger partial charge >= 0.3 is 0 Å². The van der Waals surface area contributed by atoms with E-state index in [-0.39, 0.29) is 5.78 Å². The minimum absolute atomic E-state index is 0.201. The Morgan fingerprint density at radius 2 is 0.808 bits per heavy atom. The fourth-order valence-corrected chi connectivity index (χ4v) is 3.66. The molecular weight excluding hydrogens is 316 g/mol. The van der Waals surface area contributed by atoms with Gasteiger partial charge in [0.05, 0.1) is 0 Å². The Morgan fingerprint density at radius 3 is 1.08 bits per heavy atom. The predicted molar refractivity (Wildman–Crippen MR) is 118 cm³/mol. The SMILES string of the molecule is C=CC(=O)CCCCCCCCCCCCCCCCCCCCCC. The lowest BCUT2D eigenvalue weighted by molar-refractivity contribution is -0.114. The number of ketones is 1.